The van der Waals surface area contributed by atoms with Crippen LogP contribution in [0.2, 0.25) is 0 Å². The van der Waals surface area contributed by atoms with Crippen LogP contribution in [0.5, 0.6) is 0 Å². The molecule has 0 aliphatic heterocycles. The van der Waals surface area contributed by atoms with Crippen molar-refractivity contribution in [3.63, 3.8) is 0 Å². The fraction of sp³-hybridized carbons (Fsp3) is 0.650. The van der Waals surface area contributed by atoms with Gasteiger partial charge in [0.2, 0.25) is 0 Å². The van der Waals surface area contributed by atoms with E-state index < -0.39 is 0 Å². The van der Waals surface area contributed by atoms with Gasteiger partial charge in [0.15, 0.2) is 0 Å². The lowest BCUT2D eigenvalue weighted by Crippen LogP contribution is -1.96. The first-order valence-electron chi connectivity index (χ1n) is 17.8. The molecule has 6 heteroatoms. The summed E-state index contributed by atoms with van der Waals surface area (Å²) in [7, 11) is 1.73. The van der Waals surface area contributed by atoms with Crippen molar-refractivity contribution in [3.05, 3.63) is 59.3 Å². The summed E-state index contributed by atoms with van der Waals surface area (Å²) in [6, 6.07) is 12.5. The first-order chi connectivity index (χ1) is 22.2. The van der Waals surface area contributed by atoms with Crippen molar-refractivity contribution in [2.75, 3.05) is 13.7 Å². The summed E-state index contributed by atoms with van der Waals surface area (Å²) < 4.78 is 4.78. The predicted molar refractivity (Wildman–Crippen MR) is 203 cm³/mol. The fourth-order valence-electron chi connectivity index (χ4n) is 4.03. The zero-order valence-corrected chi connectivity index (χ0v) is 32.1. The minimum atomic E-state index is 0.750. The van der Waals surface area contributed by atoms with E-state index in [-0.39, 0.29) is 0 Å². The summed E-state index contributed by atoms with van der Waals surface area (Å²) in [5.74, 6) is 1.82. The molecular weight excluding hydrogens is 570 g/mol. The van der Waals surface area contributed by atoms with Crippen LogP contribution in [0, 0.1) is 26.7 Å². The Morgan fingerprint density at radius 3 is 1.72 bits per heavy atom. The molecule has 3 aromatic rings. The van der Waals surface area contributed by atoms with Crippen LogP contribution < -0.4 is 0 Å². The van der Waals surface area contributed by atoms with Crippen molar-refractivity contribution >= 4 is 24.0 Å². The Kier molecular flexibility index (Phi) is 43.7. The first-order valence-corrected chi connectivity index (χ1v) is 17.8. The van der Waals surface area contributed by atoms with Crippen molar-refractivity contribution in [2.45, 2.75) is 153 Å². The van der Waals surface area contributed by atoms with Crippen LogP contribution in [0.1, 0.15) is 149 Å². The molecule has 1 fully saturated rings. The van der Waals surface area contributed by atoms with Gasteiger partial charge >= 0.3 is 0 Å². The molecular formula is C40H73N3O3. The summed E-state index contributed by atoms with van der Waals surface area (Å²) in [5.41, 5.74) is 4.68. The number of hydrogen-bond acceptors (Lipinski definition) is 5. The summed E-state index contributed by atoms with van der Waals surface area (Å²) >= 11 is 0. The maximum absolute atomic E-state index is 8.81. The average molecular weight is 644 g/mol. The van der Waals surface area contributed by atoms with E-state index >= 15 is 0 Å². The molecule has 2 heterocycles. The van der Waals surface area contributed by atoms with Crippen LogP contribution in [-0.4, -0.2) is 41.7 Å². The maximum atomic E-state index is 8.81. The van der Waals surface area contributed by atoms with Crippen LogP contribution in [0.25, 0.3) is 10.9 Å². The number of carbonyl (C=O) groups excluding carboxylic acids is 2. The van der Waals surface area contributed by atoms with Crippen molar-refractivity contribution in [1.82, 2.24) is 15.0 Å². The molecule has 0 bridgehead atoms. The third-order valence-corrected chi connectivity index (χ3v) is 6.79. The number of fused-ring (bicyclic) bond motifs is 1. The number of rotatable bonds is 7. The van der Waals surface area contributed by atoms with E-state index in [4.69, 9.17) is 14.3 Å². The van der Waals surface area contributed by atoms with Crippen molar-refractivity contribution in [2.24, 2.45) is 5.92 Å². The molecule has 0 radical (unpaired) electrons. The number of unbranched alkanes of at least 4 members (excludes halogenated alkanes) is 1. The third-order valence-electron chi connectivity index (χ3n) is 6.79. The number of aromatic nitrogens is 3. The highest BCUT2D eigenvalue weighted by molar-refractivity contribution is 5.80. The molecule has 0 spiro atoms. The molecule has 6 nitrogen and oxygen atoms in total. The smallest absolute Gasteiger partial charge is 0.125 e. The number of aryl methyl sites for hydroxylation is 4. The maximum Gasteiger partial charge on any atom is 0.125 e. The molecule has 0 amide bonds. The number of nitrogens with zero attached hydrogens (tertiary/aromatic N) is 2. The lowest BCUT2D eigenvalue weighted by molar-refractivity contribution is -0.106. The Bertz CT molecular complexity index is 943. The van der Waals surface area contributed by atoms with Gasteiger partial charge in [-0.1, -0.05) is 131 Å². The molecule has 4 rings (SSSR count). The fourth-order valence-corrected chi connectivity index (χ4v) is 4.03. The quantitative estimate of drug-likeness (QED) is 0.204. The summed E-state index contributed by atoms with van der Waals surface area (Å²) in [6.45, 7) is 25.4. The first kappa shape index (κ1) is 50.0. The Balaban J connectivity index is -0.000000233. The molecule has 1 aromatic carbocycles. The summed E-state index contributed by atoms with van der Waals surface area (Å²) in [6.07, 6.45) is 17.0. The van der Waals surface area contributed by atoms with Gasteiger partial charge in [-0.3, -0.25) is 0 Å². The Morgan fingerprint density at radius 2 is 1.37 bits per heavy atom. The second-order valence-corrected chi connectivity index (χ2v) is 11.0. The minimum Gasteiger partial charge on any atom is -0.385 e. The lowest BCUT2D eigenvalue weighted by atomic mass is 10.0. The summed E-state index contributed by atoms with van der Waals surface area (Å²) in [5, 5.41) is 1.29. The van der Waals surface area contributed by atoms with Gasteiger partial charge in [-0.2, -0.15) is 0 Å². The minimum absolute atomic E-state index is 0.750. The van der Waals surface area contributed by atoms with E-state index in [0.29, 0.717) is 0 Å². The van der Waals surface area contributed by atoms with Crippen LogP contribution in [-0.2, 0) is 20.7 Å². The summed E-state index contributed by atoms with van der Waals surface area (Å²) in [4.78, 5) is 28.6. The van der Waals surface area contributed by atoms with Gasteiger partial charge in [-0.25, -0.2) is 9.97 Å². The molecule has 1 saturated carbocycles. The lowest BCUT2D eigenvalue weighted by Gasteiger charge is -2.05. The van der Waals surface area contributed by atoms with Crippen molar-refractivity contribution < 1.29 is 14.3 Å². The predicted octanol–water partition coefficient (Wildman–Crippen LogP) is 11.8. The third kappa shape index (κ3) is 34.0. The zero-order valence-electron chi connectivity index (χ0n) is 32.1. The number of carbonyl (C=O) groups is 2. The van der Waals surface area contributed by atoms with Crippen LogP contribution in [0.4, 0.5) is 0 Å². The number of benzene rings is 1. The van der Waals surface area contributed by atoms with E-state index in [1.54, 1.807) is 7.11 Å². The van der Waals surface area contributed by atoms with Crippen LogP contribution >= 0.6 is 0 Å². The molecule has 2 aromatic heterocycles. The van der Waals surface area contributed by atoms with E-state index in [1.807, 2.05) is 40.6 Å². The molecule has 1 aliphatic rings. The molecule has 0 saturated heterocycles. The van der Waals surface area contributed by atoms with Crippen molar-refractivity contribution in [3.8, 4) is 0 Å². The normalized spacial score (nSPS) is 10.8. The standard InChI is InChI=1S/C9H14N2.C9H9N.C6H12.C6H14.C5H12O.C2H4O.C2H6.CH2O/c1-4-5-9-6-7(2)10-8(3)11-9;1-7-6-8-4-2-3-5-9(8)10-7;1-2-4-6-5-3-1;1-4-6(3)5-2;1-3-4-5-6-2;1-2-3;2*1-2/h6H,4-5H2,1-3H3;2-6,10H,1H3;1-6H2;6H,4-5H2,1-3H3;3-5H2,1-2H3;2H,1H3;1-2H3;1H2. The molecule has 266 valence electrons. The van der Waals surface area contributed by atoms with Gasteiger partial charge in [0, 0.05) is 36.3 Å². The van der Waals surface area contributed by atoms with Crippen molar-refractivity contribution in [1.29, 1.82) is 0 Å². The SMILES string of the molecule is C1CCCCC1.C=O.CC.CC=O.CCC(C)CC.CCCCOC.CCCc1cc(C)nc(C)n1.Cc1cc2ccccc2[nH]1. The molecule has 46 heavy (non-hydrogen) atoms. The highest BCUT2D eigenvalue weighted by atomic mass is 16.5. The van der Waals surface area contributed by atoms with Crippen LogP contribution in [0.3, 0.4) is 0 Å². The van der Waals surface area contributed by atoms with E-state index in [0.717, 1.165) is 48.9 Å². The number of hydrogen-bond donors (Lipinski definition) is 1. The zero-order chi connectivity index (χ0) is 36.0. The highest BCUT2D eigenvalue weighted by Gasteiger charge is 1.97. The molecule has 1 aliphatic carbocycles. The van der Waals surface area contributed by atoms with E-state index in [1.165, 1.54) is 87.7 Å². The van der Waals surface area contributed by atoms with E-state index in [9.17, 15) is 0 Å². The topological polar surface area (TPSA) is 84.9 Å². The van der Waals surface area contributed by atoms with E-state index in [2.05, 4.69) is 86.8 Å². The van der Waals surface area contributed by atoms with Gasteiger partial charge in [0.1, 0.15) is 18.9 Å². The number of aromatic amines is 1. The number of para-hydroxylation sites is 1. The van der Waals surface area contributed by atoms with Gasteiger partial charge < -0.3 is 19.3 Å². The van der Waals surface area contributed by atoms with Gasteiger partial charge in [-0.15, -0.1) is 0 Å². The Morgan fingerprint density at radius 1 is 0.870 bits per heavy atom. The van der Waals surface area contributed by atoms with Gasteiger partial charge in [0.25, 0.3) is 0 Å². The monoisotopic (exact) mass is 644 g/mol. The number of ether oxygens (including phenoxy) is 1. The second kappa shape index (κ2) is 40.2. The van der Waals surface area contributed by atoms with Gasteiger partial charge in [0.05, 0.1) is 0 Å². The molecule has 1 N–H and O–H groups in total. The number of nitrogens with one attached hydrogen (secondary N) is 1. The van der Waals surface area contributed by atoms with Gasteiger partial charge in [-0.05, 0) is 70.0 Å². The largest absolute Gasteiger partial charge is 0.385 e. The molecule has 0 atom stereocenters. The molecule has 0 unspecified atom stereocenters. The number of methoxy groups -OCH3 is 1. The number of H-pyrrole nitrogens is 1. The second-order valence-electron chi connectivity index (χ2n) is 11.0. The Labute approximate surface area is 285 Å². The Hall–Kier alpha value is -2.86. The number of aldehydes is 1. The average Bonchev–Trinajstić information content (AvgIpc) is 3.47. The highest BCUT2D eigenvalue weighted by Crippen LogP contribution is 2.15. The van der Waals surface area contributed by atoms with Crippen LogP contribution in [0.15, 0.2) is 36.4 Å².